The van der Waals surface area contributed by atoms with Gasteiger partial charge in [0.25, 0.3) is 0 Å². The van der Waals surface area contributed by atoms with Gasteiger partial charge in [0.05, 0.1) is 0 Å². The van der Waals surface area contributed by atoms with E-state index < -0.39 is 0 Å². The lowest BCUT2D eigenvalue weighted by atomic mass is 10.1. The van der Waals surface area contributed by atoms with E-state index in [0.717, 1.165) is 6.54 Å². The fraction of sp³-hybridized carbons (Fsp3) is 0.200. The van der Waals surface area contributed by atoms with Crippen molar-refractivity contribution in [2.24, 2.45) is 0 Å². The van der Waals surface area contributed by atoms with Crippen LogP contribution >= 0.6 is 22.9 Å². The number of rotatable bonds is 4. The Balaban J connectivity index is 2.03. The van der Waals surface area contributed by atoms with Crippen LogP contribution in [0.4, 0.5) is 0 Å². The average molecular weight is 337 g/mol. The molecule has 0 saturated carbocycles. The second kappa shape index (κ2) is 6.17. The van der Waals surface area contributed by atoms with Crippen LogP contribution in [-0.2, 0) is 6.54 Å². The van der Waals surface area contributed by atoms with E-state index >= 15 is 0 Å². The van der Waals surface area contributed by atoms with Crippen LogP contribution in [0.25, 0.3) is 0 Å². The van der Waals surface area contributed by atoms with Gasteiger partial charge >= 0.3 is 0 Å². The van der Waals surface area contributed by atoms with Gasteiger partial charge in [0.2, 0.25) is 0 Å². The molecule has 17 heavy (non-hydrogen) atoms. The van der Waals surface area contributed by atoms with Crippen LogP contribution in [0.1, 0.15) is 24.1 Å². The second-order valence-electron chi connectivity index (χ2n) is 4.13. The standard InChI is InChI=1S/C15H16IN/c1-13(15-10-6-3-7-11-15)17(16)12-14-8-4-2-5-9-14/h2-11,13H,12H2,1H3. The molecule has 0 heterocycles. The highest BCUT2D eigenvalue weighted by Crippen LogP contribution is 2.25. The molecule has 0 aromatic heterocycles. The van der Waals surface area contributed by atoms with Crippen molar-refractivity contribution in [3.63, 3.8) is 0 Å². The van der Waals surface area contributed by atoms with Crippen LogP contribution in [0.15, 0.2) is 60.7 Å². The quantitative estimate of drug-likeness (QED) is 0.582. The zero-order chi connectivity index (χ0) is 12.1. The van der Waals surface area contributed by atoms with Crippen LogP contribution in [0, 0.1) is 0 Å². The normalized spacial score (nSPS) is 12.6. The summed E-state index contributed by atoms with van der Waals surface area (Å²) in [4.78, 5) is 0. The summed E-state index contributed by atoms with van der Waals surface area (Å²) in [6.07, 6.45) is 0. The summed E-state index contributed by atoms with van der Waals surface area (Å²) in [6, 6.07) is 21.6. The van der Waals surface area contributed by atoms with Gasteiger partial charge in [-0.15, -0.1) is 0 Å². The van der Waals surface area contributed by atoms with Crippen molar-refractivity contribution in [1.29, 1.82) is 0 Å². The summed E-state index contributed by atoms with van der Waals surface area (Å²) in [7, 11) is 0. The summed E-state index contributed by atoms with van der Waals surface area (Å²) in [5, 5.41) is 0. The average Bonchev–Trinajstić information content (AvgIpc) is 2.40. The third kappa shape index (κ3) is 3.54. The predicted octanol–water partition coefficient (Wildman–Crippen LogP) is 4.60. The highest BCUT2D eigenvalue weighted by Gasteiger charge is 2.12. The van der Waals surface area contributed by atoms with Crippen molar-refractivity contribution in [3.05, 3.63) is 71.8 Å². The molecule has 0 amide bonds. The van der Waals surface area contributed by atoms with E-state index in [9.17, 15) is 0 Å². The Morgan fingerprint density at radius 3 is 2.06 bits per heavy atom. The number of hydrogen-bond donors (Lipinski definition) is 0. The monoisotopic (exact) mass is 337 g/mol. The Morgan fingerprint density at radius 1 is 0.941 bits per heavy atom. The van der Waals surface area contributed by atoms with E-state index in [1.54, 1.807) is 0 Å². The zero-order valence-electron chi connectivity index (χ0n) is 9.88. The molecular weight excluding hydrogens is 321 g/mol. The molecule has 2 aromatic carbocycles. The molecule has 0 spiro atoms. The maximum atomic E-state index is 2.41. The van der Waals surface area contributed by atoms with Crippen molar-refractivity contribution in [2.75, 3.05) is 0 Å². The predicted molar refractivity (Wildman–Crippen MR) is 80.9 cm³/mol. The van der Waals surface area contributed by atoms with Crippen molar-refractivity contribution >= 4 is 22.9 Å². The molecule has 2 aromatic rings. The van der Waals surface area contributed by atoms with E-state index in [4.69, 9.17) is 0 Å². The van der Waals surface area contributed by atoms with Crippen LogP contribution in [-0.4, -0.2) is 3.11 Å². The molecule has 2 heteroatoms. The molecule has 0 saturated heterocycles. The molecule has 1 unspecified atom stereocenters. The summed E-state index contributed by atoms with van der Waals surface area (Å²) < 4.78 is 2.34. The van der Waals surface area contributed by atoms with E-state index in [2.05, 4.69) is 93.6 Å². The molecule has 0 aliphatic rings. The molecule has 0 radical (unpaired) electrons. The first-order valence-corrected chi connectivity index (χ1v) is 6.75. The molecule has 88 valence electrons. The Kier molecular flexibility index (Phi) is 4.57. The largest absolute Gasteiger partial charge is 0.236 e. The maximum Gasteiger partial charge on any atom is 0.0419 e. The minimum absolute atomic E-state index is 0.428. The summed E-state index contributed by atoms with van der Waals surface area (Å²) in [6.45, 7) is 3.21. The fourth-order valence-electron chi connectivity index (χ4n) is 1.79. The summed E-state index contributed by atoms with van der Waals surface area (Å²) in [5.41, 5.74) is 2.71. The van der Waals surface area contributed by atoms with Crippen LogP contribution in [0.3, 0.4) is 0 Å². The first kappa shape index (κ1) is 12.6. The Labute approximate surface area is 117 Å². The van der Waals surface area contributed by atoms with E-state index in [1.807, 2.05) is 0 Å². The topological polar surface area (TPSA) is 3.24 Å². The van der Waals surface area contributed by atoms with Gasteiger partial charge in [0.15, 0.2) is 0 Å². The van der Waals surface area contributed by atoms with E-state index in [1.165, 1.54) is 11.1 Å². The van der Waals surface area contributed by atoms with Gasteiger partial charge in [-0.3, -0.25) is 0 Å². The van der Waals surface area contributed by atoms with E-state index in [0.29, 0.717) is 6.04 Å². The minimum atomic E-state index is 0.428. The fourth-order valence-corrected chi connectivity index (χ4v) is 2.50. The number of benzene rings is 2. The second-order valence-corrected chi connectivity index (χ2v) is 5.37. The molecule has 1 nitrogen and oxygen atoms in total. The molecule has 0 aliphatic carbocycles. The third-order valence-electron chi connectivity index (χ3n) is 2.88. The number of hydrogen-bond acceptors (Lipinski definition) is 1. The van der Waals surface area contributed by atoms with Gasteiger partial charge in [0, 0.05) is 35.5 Å². The molecule has 0 N–H and O–H groups in total. The molecule has 0 bridgehead atoms. The molecule has 1 atom stereocenters. The highest BCUT2D eigenvalue weighted by atomic mass is 127. The number of halogens is 1. The van der Waals surface area contributed by atoms with Gasteiger partial charge in [-0.1, -0.05) is 60.7 Å². The lowest BCUT2D eigenvalue weighted by molar-refractivity contribution is 0.412. The summed E-state index contributed by atoms with van der Waals surface area (Å²) in [5.74, 6) is 0. The van der Waals surface area contributed by atoms with Crippen molar-refractivity contribution in [1.82, 2.24) is 3.11 Å². The third-order valence-corrected chi connectivity index (χ3v) is 4.06. The van der Waals surface area contributed by atoms with Gasteiger partial charge in [-0.2, -0.15) is 0 Å². The zero-order valence-corrected chi connectivity index (χ0v) is 12.0. The van der Waals surface area contributed by atoms with Crippen molar-refractivity contribution in [2.45, 2.75) is 19.5 Å². The minimum Gasteiger partial charge on any atom is -0.236 e. The van der Waals surface area contributed by atoms with Gasteiger partial charge in [-0.05, 0) is 18.1 Å². The Hall–Kier alpha value is -0.870. The molecule has 0 aliphatic heterocycles. The smallest absolute Gasteiger partial charge is 0.0419 e. The first-order valence-electron chi connectivity index (χ1n) is 5.78. The Bertz CT molecular complexity index is 441. The van der Waals surface area contributed by atoms with Crippen LogP contribution in [0.5, 0.6) is 0 Å². The van der Waals surface area contributed by atoms with E-state index in [-0.39, 0.29) is 0 Å². The lowest BCUT2D eigenvalue weighted by Gasteiger charge is -2.22. The maximum absolute atomic E-state index is 2.41. The van der Waals surface area contributed by atoms with Crippen LogP contribution < -0.4 is 0 Å². The van der Waals surface area contributed by atoms with Crippen LogP contribution in [0.2, 0.25) is 0 Å². The first-order chi connectivity index (χ1) is 8.27. The molecular formula is C15H16IN. The van der Waals surface area contributed by atoms with Gasteiger partial charge in [-0.25, -0.2) is 3.11 Å². The molecule has 2 rings (SSSR count). The van der Waals surface area contributed by atoms with Gasteiger partial charge < -0.3 is 0 Å². The lowest BCUT2D eigenvalue weighted by Crippen LogP contribution is -2.15. The van der Waals surface area contributed by atoms with Gasteiger partial charge in [0.1, 0.15) is 0 Å². The van der Waals surface area contributed by atoms with Crippen molar-refractivity contribution < 1.29 is 0 Å². The van der Waals surface area contributed by atoms with Crippen molar-refractivity contribution in [3.8, 4) is 0 Å². The molecule has 0 fully saturated rings. The number of nitrogens with zero attached hydrogens (tertiary/aromatic N) is 1. The SMILES string of the molecule is CC(c1ccccc1)N(I)Cc1ccccc1. The Morgan fingerprint density at radius 2 is 1.47 bits per heavy atom. The highest BCUT2D eigenvalue weighted by molar-refractivity contribution is 14.1. The summed E-state index contributed by atoms with van der Waals surface area (Å²) >= 11 is 2.41.